The summed E-state index contributed by atoms with van der Waals surface area (Å²) in [4.78, 5) is 47.6. The second-order valence-corrected chi connectivity index (χ2v) is 12.4. The molecule has 0 spiro atoms. The number of halogens is 2. The molecule has 53 heavy (non-hydrogen) atoms. The van der Waals surface area contributed by atoms with Gasteiger partial charge in [-0.1, -0.05) is 110 Å². The maximum atomic E-state index is 12.5. The summed E-state index contributed by atoms with van der Waals surface area (Å²) in [7, 11) is 0. The van der Waals surface area contributed by atoms with E-state index in [0.717, 1.165) is 67.6 Å². The van der Waals surface area contributed by atoms with Crippen molar-refractivity contribution in [3.8, 4) is 0 Å². The van der Waals surface area contributed by atoms with Crippen LogP contribution in [0.1, 0.15) is 115 Å². The molecule has 296 valence electrons. The molecule has 4 amide bonds. The molecule has 0 aromatic heterocycles. The minimum absolute atomic E-state index is 0.0241. The van der Waals surface area contributed by atoms with Crippen molar-refractivity contribution in [2.75, 3.05) is 26.2 Å². The van der Waals surface area contributed by atoms with Crippen LogP contribution in [0, 0.1) is 24.5 Å². The molecular weight excluding hydrogens is 674 g/mol. The summed E-state index contributed by atoms with van der Waals surface area (Å²) < 4.78 is 24.3. The fourth-order valence-electron chi connectivity index (χ4n) is 4.42. The standard InChI is InChI=1S/C21H34N2O2.C10H12N2O2.C7H6F2.C3H8.C2H6/c1-5-13-23(14-6-2)20(24)16-18-10-7-11-19(15-18)21(25)22-12-8-9-17(3)4;13-8-11-7-10(14)12-6-9-4-2-1-3-5-9;1-5-2-3-6(8)7(9)4-5;1-3-2;1-2/h7,10-11,15,17H,5-6,8-9,12-14,16H2,1-4H3,(H,22,25);1-5,8H,6-7H2,(H,11,13)(H,12,14);2-4H,1H3;3H2,1-2H3;1-2H3. The van der Waals surface area contributed by atoms with Gasteiger partial charge in [-0.2, -0.15) is 0 Å². The molecule has 0 aliphatic rings. The highest BCUT2D eigenvalue weighted by atomic mass is 19.2. The van der Waals surface area contributed by atoms with Crippen LogP contribution in [-0.4, -0.2) is 55.2 Å². The van der Waals surface area contributed by atoms with Gasteiger partial charge in [-0.25, -0.2) is 8.78 Å². The lowest BCUT2D eigenvalue weighted by Crippen LogP contribution is -2.33. The summed E-state index contributed by atoms with van der Waals surface area (Å²) in [5, 5.41) is 7.93. The molecule has 0 radical (unpaired) electrons. The van der Waals surface area contributed by atoms with E-state index in [1.807, 2.05) is 73.3 Å². The van der Waals surface area contributed by atoms with Gasteiger partial charge in [-0.3, -0.25) is 19.2 Å². The van der Waals surface area contributed by atoms with Gasteiger partial charge in [0.2, 0.25) is 18.2 Å². The topological polar surface area (TPSA) is 108 Å². The van der Waals surface area contributed by atoms with Crippen LogP contribution in [0.15, 0.2) is 72.8 Å². The van der Waals surface area contributed by atoms with E-state index >= 15 is 0 Å². The zero-order valence-electron chi connectivity index (χ0n) is 33.7. The van der Waals surface area contributed by atoms with Crippen LogP contribution in [0.3, 0.4) is 0 Å². The van der Waals surface area contributed by atoms with Gasteiger partial charge in [0.05, 0.1) is 13.0 Å². The summed E-state index contributed by atoms with van der Waals surface area (Å²) in [6, 6.07) is 20.8. The van der Waals surface area contributed by atoms with E-state index in [0.29, 0.717) is 37.4 Å². The third kappa shape index (κ3) is 26.8. The molecule has 3 aromatic rings. The van der Waals surface area contributed by atoms with Crippen molar-refractivity contribution >= 4 is 24.1 Å². The number of nitrogens with zero attached hydrogens (tertiary/aromatic N) is 1. The van der Waals surface area contributed by atoms with Gasteiger partial charge < -0.3 is 20.9 Å². The fourth-order valence-corrected chi connectivity index (χ4v) is 4.42. The molecule has 0 fully saturated rings. The van der Waals surface area contributed by atoms with Crippen LogP contribution in [0.5, 0.6) is 0 Å². The van der Waals surface area contributed by atoms with E-state index in [4.69, 9.17) is 0 Å². The first-order valence-electron chi connectivity index (χ1n) is 19.0. The van der Waals surface area contributed by atoms with Crippen LogP contribution in [-0.2, 0) is 27.3 Å². The average Bonchev–Trinajstić information content (AvgIpc) is 3.15. The quantitative estimate of drug-likeness (QED) is 0.101. The Balaban J connectivity index is 0. The first-order chi connectivity index (χ1) is 25.4. The van der Waals surface area contributed by atoms with Crippen molar-refractivity contribution in [2.24, 2.45) is 5.92 Å². The highest BCUT2D eigenvalue weighted by Gasteiger charge is 2.14. The maximum absolute atomic E-state index is 12.5. The molecule has 0 atom stereocenters. The molecule has 3 N–H and O–H groups in total. The predicted molar refractivity (Wildman–Crippen MR) is 214 cm³/mol. The zero-order valence-corrected chi connectivity index (χ0v) is 33.7. The van der Waals surface area contributed by atoms with Crippen molar-refractivity contribution in [3.63, 3.8) is 0 Å². The number of carbonyl (C=O) groups is 4. The van der Waals surface area contributed by atoms with E-state index in [-0.39, 0.29) is 24.3 Å². The van der Waals surface area contributed by atoms with Gasteiger partial charge in [0.15, 0.2) is 11.6 Å². The predicted octanol–water partition coefficient (Wildman–Crippen LogP) is 8.81. The summed E-state index contributed by atoms with van der Waals surface area (Å²) in [6.07, 6.45) is 6.13. The number of amides is 4. The van der Waals surface area contributed by atoms with Crippen molar-refractivity contribution in [1.82, 2.24) is 20.9 Å². The normalized spacial score (nSPS) is 9.58. The van der Waals surface area contributed by atoms with Crippen LogP contribution in [0.25, 0.3) is 0 Å². The van der Waals surface area contributed by atoms with Crippen molar-refractivity contribution in [3.05, 3.63) is 107 Å². The summed E-state index contributed by atoms with van der Waals surface area (Å²) >= 11 is 0. The van der Waals surface area contributed by atoms with Crippen molar-refractivity contribution < 1.29 is 28.0 Å². The van der Waals surface area contributed by atoms with Crippen LogP contribution in [0.2, 0.25) is 0 Å². The lowest BCUT2D eigenvalue weighted by molar-refractivity contribution is -0.130. The Morgan fingerprint density at radius 3 is 1.92 bits per heavy atom. The van der Waals surface area contributed by atoms with Crippen molar-refractivity contribution in [1.29, 1.82) is 0 Å². The van der Waals surface area contributed by atoms with E-state index in [1.165, 1.54) is 12.5 Å². The fraction of sp³-hybridized carbons (Fsp3) is 0.488. The molecule has 0 aliphatic heterocycles. The summed E-state index contributed by atoms with van der Waals surface area (Å²) in [5.74, 6) is -1.03. The molecule has 0 bridgehead atoms. The van der Waals surface area contributed by atoms with Gasteiger partial charge in [-0.15, -0.1) is 0 Å². The number of hydrogen-bond donors (Lipinski definition) is 3. The Hall–Kier alpha value is -4.60. The van der Waals surface area contributed by atoms with Crippen LogP contribution >= 0.6 is 0 Å². The monoisotopic (exact) mass is 741 g/mol. The Morgan fingerprint density at radius 2 is 1.40 bits per heavy atom. The second-order valence-electron chi connectivity index (χ2n) is 12.4. The van der Waals surface area contributed by atoms with E-state index in [1.54, 1.807) is 6.92 Å². The maximum Gasteiger partial charge on any atom is 0.251 e. The Bertz CT molecular complexity index is 1400. The molecule has 0 saturated carbocycles. The number of hydrogen-bond acceptors (Lipinski definition) is 4. The number of aryl methyl sites for hydroxylation is 1. The molecule has 8 nitrogen and oxygen atoms in total. The molecule has 0 saturated heterocycles. The highest BCUT2D eigenvalue weighted by molar-refractivity contribution is 5.94. The minimum atomic E-state index is -0.791. The first kappa shape index (κ1) is 50.5. The Labute approximate surface area is 318 Å². The van der Waals surface area contributed by atoms with Gasteiger partial charge in [-0.05, 0) is 79.5 Å². The van der Waals surface area contributed by atoms with Crippen LogP contribution < -0.4 is 16.0 Å². The second kappa shape index (κ2) is 33.3. The SMILES string of the molecule is CC.CCC.CCCN(CCC)C(=O)Cc1cccc(C(=O)NCCCC(C)C)c1.Cc1ccc(F)c(F)c1.O=CNCC(=O)NCc1ccccc1. The van der Waals surface area contributed by atoms with E-state index in [2.05, 4.69) is 57.5 Å². The van der Waals surface area contributed by atoms with Gasteiger partial charge in [0.25, 0.3) is 5.91 Å². The number of benzene rings is 3. The zero-order chi connectivity index (χ0) is 40.4. The van der Waals surface area contributed by atoms with Gasteiger partial charge in [0, 0.05) is 31.7 Å². The number of rotatable bonds is 16. The molecular formula is C43H66F2N4O4. The highest BCUT2D eigenvalue weighted by Crippen LogP contribution is 2.10. The number of nitrogens with one attached hydrogen (secondary N) is 3. The summed E-state index contributed by atoms with van der Waals surface area (Å²) in [5.41, 5.74) is 3.30. The minimum Gasteiger partial charge on any atom is -0.352 e. The largest absolute Gasteiger partial charge is 0.352 e. The number of carbonyl (C=O) groups excluding carboxylic acids is 4. The smallest absolute Gasteiger partial charge is 0.251 e. The average molecular weight is 741 g/mol. The molecule has 0 heterocycles. The lowest BCUT2D eigenvalue weighted by Gasteiger charge is -2.21. The Kier molecular flexibility index (Phi) is 31.7. The molecule has 10 heteroatoms. The molecule has 3 aromatic carbocycles. The summed E-state index contributed by atoms with van der Waals surface area (Å²) in [6.45, 7) is 21.3. The Morgan fingerprint density at radius 1 is 0.792 bits per heavy atom. The van der Waals surface area contributed by atoms with Crippen molar-refractivity contribution in [2.45, 2.75) is 107 Å². The third-order valence-electron chi connectivity index (χ3n) is 6.88. The van der Waals surface area contributed by atoms with E-state index < -0.39 is 11.6 Å². The molecule has 0 unspecified atom stereocenters. The van der Waals surface area contributed by atoms with Gasteiger partial charge in [0.1, 0.15) is 0 Å². The lowest BCUT2D eigenvalue weighted by atomic mass is 10.1. The third-order valence-corrected chi connectivity index (χ3v) is 6.88. The molecule has 3 rings (SSSR count). The van der Waals surface area contributed by atoms with Crippen LogP contribution in [0.4, 0.5) is 8.78 Å². The van der Waals surface area contributed by atoms with E-state index in [9.17, 15) is 28.0 Å². The molecule has 0 aliphatic carbocycles. The first-order valence-corrected chi connectivity index (χ1v) is 19.0. The van der Waals surface area contributed by atoms with Gasteiger partial charge >= 0.3 is 0 Å².